The van der Waals surface area contributed by atoms with E-state index in [0.717, 1.165) is 0 Å². The van der Waals surface area contributed by atoms with Crippen LogP contribution in [0.2, 0.25) is 0 Å². The molecular weight excluding hydrogens is 408 g/mol. The lowest BCUT2D eigenvalue weighted by molar-refractivity contribution is 0.0843. The fourth-order valence-electron chi connectivity index (χ4n) is 3.55. The highest BCUT2D eigenvalue weighted by atomic mass is 16.5. The number of methoxy groups -OCH3 is 1. The third-order valence-corrected chi connectivity index (χ3v) is 5.25. The summed E-state index contributed by atoms with van der Waals surface area (Å²) in [7, 11) is 1.44. The van der Waals surface area contributed by atoms with Gasteiger partial charge < -0.3 is 24.8 Å². The van der Waals surface area contributed by atoms with Gasteiger partial charge in [-0.05, 0) is 29.5 Å². The van der Waals surface area contributed by atoms with Gasteiger partial charge >= 0.3 is 0 Å². The average molecular weight is 439 g/mol. The van der Waals surface area contributed by atoms with Gasteiger partial charge in [0.05, 0.1) is 24.7 Å². The summed E-state index contributed by atoms with van der Waals surface area (Å²) in [5.41, 5.74) is 1.25. The van der Waals surface area contributed by atoms with Crippen LogP contribution in [-0.2, 0) is 0 Å². The van der Waals surface area contributed by atoms with Crippen LogP contribution < -0.4 is 9.47 Å². The summed E-state index contributed by atoms with van der Waals surface area (Å²) in [5, 5.41) is 31.8. The molecule has 2 aromatic rings. The highest BCUT2D eigenvalue weighted by Crippen LogP contribution is 2.49. The van der Waals surface area contributed by atoms with Gasteiger partial charge in [0.1, 0.15) is 28.9 Å². The van der Waals surface area contributed by atoms with E-state index in [1.807, 2.05) is 39.8 Å². The number of hydrogen-bond donors (Lipinski definition) is 3. The number of benzene rings is 2. The van der Waals surface area contributed by atoms with E-state index in [-0.39, 0.29) is 63.9 Å². The Balaban J connectivity index is 2.18. The number of ketones is 1. The minimum atomic E-state index is -0.661. The van der Waals surface area contributed by atoms with E-state index in [2.05, 4.69) is 0 Å². The lowest BCUT2D eigenvalue weighted by Gasteiger charge is -2.29. The van der Waals surface area contributed by atoms with Crippen molar-refractivity contribution in [1.82, 2.24) is 0 Å². The molecule has 0 fully saturated rings. The van der Waals surface area contributed by atoms with Crippen LogP contribution in [0.25, 0.3) is 12.2 Å². The molecule has 0 spiro atoms. The molecule has 6 nitrogen and oxygen atoms in total. The van der Waals surface area contributed by atoms with Gasteiger partial charge in [-0.25, -0.2) is 0 Å². The van der Waals surface area contributed by atoms with E-state index in [1.54, 1.807) is 24.3 Å². The lowest BCUT2D eigenvalue weighted by atomic mass is 9.90. The zero-order valence-electron chi connectivity index (χ0n) is 19.0. The maximum atomic E-state index is 13.2. The van der Waals surface area contributed by atoms with Crippen molar-refractivity contribution in [2.24, 2.45) is 11.8 Å². The monoisotopic (exact) mass is 438 g/mol. The van der Waals surface area contributed by atoms with Gasteiger partial charge in [0.15, 0.2) is 17.3 Å². The standard InChI is InChI=1S/C26H30O6/c1-14(2)6-9-17-24(29)18(10-7-15(3)4)26-23(25(17)30)20(28)13-21(32-26)16-8-11-19(27)22(12-16)31-5/h6-12,14-15,21,27,29-30H,13H2,1-5H3/b9-6+,10-7+/t21-/m0/s1. The lowest BCUT2D eigenvalue weighted by Crippen LogP contribution is -2.21. The number of phenolic OH excluding ortho intramolecular Hbond substituents is 3. The Hall–Kier alpha value is -3.41. The summed E-state index contributed by atoms with van der Waals surface area (Å²) in [6.07, 6.45) is 6.43. The second kappa shape index (κ2) is 9.39. The van der Waals surface area contributed by atoms with Crippen molar-refractivity contribution in [3.8, 4) is 28.7 Å². The number of fused-ring (bicyclic) bond motifs is 1. The van der Waals surface area contributed by atoms with Crippen molar-refractivity contribution >= 4 is 17.9 Å². The first-order chi connectivity index (χ1) is 15.1. The highest BCUT2D eigenvalue weighted by molar-refractivity contribution is 6.05. The Labute approximate surface area is 188 Å². The van der Waals surface area contributed by atoms with Crippen molar-refractivity contribution in [2.75, 3.05) is 7.11 Å². The largest absolute Gasteiger partial charge is 0.506 e. The second-order valence-corrected chi connectivity index (χ2v) is 8.60. The number of aromatic hydroxyl groups is 3. The van der Waals surface area contributed by atoms with E-state index < -0.39 is 6.10 Å². The molecule has 0 aromatic heterocycles. The molecule has 0 unspecified atom stereocenters. The van der Waals surface area contributed by atoms with E-state index in [4.69, 9.17) is 9.47 Å². The zero-order valence-corrected chi connectivity index (χ0v) is 19.0. The predicted molar refractivity (Wildman–Crippen MR) is 124 cm³/mol. The molecule has 3 N–H and O–H groups in total. The number of carbonyl (C=O) groups excluding carboxylic acids is 1. The van der Waals surface area contributed by atoms with Crippen LogP contribution in [0.3, 0.4) is 0 Å². The molecule has 0 aliphatic carbocycles. The van der Waals surface area contributed by atoms with Crippen LogP contribution in [-0.4, -0.2) is 28.2 Å². The van der Waals surface area contributed by atoms with E-state index in [0.29, 0.717) is 11.1 Å². The van der Waals surface area contributed by atoms with Crippen LogP contribution in [0.5, 0.6) is 28.7 Å². The fraction of sp³-hybridized carbons (Fsp3) is 0.346. The molecule has 170 valence electrons. The van der Waals surface area contributed by atoms with Crippen molar-refractivity contribution < 1.29 is 29.6 Å². The smallest absolute Gasteiger partial charge is 0.174 e. The van der Waals surface area contributed by atoms with Crippen molar-refractivity contribution in [1.29, 1.82) is 0 Å². The molecule has 2 aromatic carbocycles. The SMILES string of the molecule is COc1cc([C@@H]2CC(=O)c3c(O)c(/C=C/C(C)C)c(O)c(/C=C/C(C)C)c3O2)ccc1O. The molecule has 1 aliphatic heterocycles. The summed E-state index contributed by atoms with van der Waals surface area (Å²) >= 11 is 0. The molecule has 3 rings (SSSR count). The summed E-state index contributed by atoms with van der Waals surface area (Å²) in [6.45, 7) is 7.95. The number of hydrogen-bond acceptors (Lipinski definition) is 6. The minimum absolute atomic E-state index is 0.0000650. The van der Waals surface area contributed by atoms with Gasteiger partial charge in [-0.3, -0.25) is 4.79 Å². The maximum Gasteiger partial charge on any atom is 0.174 e. The Bertz CT molecular complexity index is 1080. The zero-order chi connectivity index (χ0) is 23.6. The van der Waals surface area contributed by atoms with Gasteiger partial charge in [0.2, 0.25) is 0 Å². The Morgan fingerprint density at radius 2 is 1.62 bits per heavy atom. The van der Waals surface area contributed by atoms with E-state index >= 15 is 0 Å². The molecule has 0 saturated heterocycles. The minimum Gasteiger partial charge on any atom is -0.506 e. The fourth-order valence-corrected chi connectivity index (χ4v) is 3.55. The molecule has 0 radical (unpaired) electrons. The van der Waals surface area contributed by atoms with Crippen LogP contribution in [0, 0.1) is 11.8 Å². The second-order valence-electron chi connectivity index (χ2n) is 8.60. The normalized spacial score (nSPS) is 16.2. The summed E-state index contributed by atoms with van der Waals surface area (Å²) < 4.78 is 11.4. The predicted octanol–water partition coefficient (Wildman–Crippen LogP) is 5.86. The molecule has 1 aliphatic rings. The highest BCUT2D eigenvalue weighted by Gasteiger charge is 2.35. The number of phenols is 3. The molecule has 0 bridgehead atoms. The molecular formula is C26H30O6. The summed E-state index contributed by atoms with van der Waals surface area (Å²) in [5.74, 6) is 0.0614. The van der Waals surface area contributed by atoms with Gasteiger partial charge in [-0.15, -0.1) is 0 Å². The van der Waals surface area contributed by atoms with Crippen molar-refractivity contribution in [3.63, 3.8) is 0 Å². The molecule has 0 amide bonds. The van der Waals surface area contributed by atoms with Crippen molar-refractivity contribution in [3.05, 3.63) is 52.6 Å². The summed E-state index contributed by atoms with van der Waals surface area (Å²) in [4.78, 5) is 13.2. The molecule has 1 atom stereocenters. The Morgan fingerprint density at radius 1 is 1.00 bits per heavy atom. The first-order valence-corrected chi connectivity index (χ1v) is 10.7. The van der Waals surface area contributed by atoms with Gasteiger partial charge in [-0.2, -0.15) is 0 Å². The van der Waals surface area contributed by atoms with Crippen molar-refractivity contribution in [2.45, 2.75) is 40.2 Å². The van der Waals surface area contributed by atoms with E-state index in [9.17, 15) is 20.1 Å². The number of carbonyl (C=O) groups is 1. The maximum absolute atomic E-state index is 13.2. The quantitative estimate of drug-likeness (QED) is 0.523. The van der Waals surface area contributed by atoms with Crippen LogP contribution in [0.4, 0.5) is 0 Å². The average Bonchev–Trinajstić information content (AvgIpc) is 2.72. The van der Waals surface area contributed by atoms with Crippen LogP contribution in [0.1, 0.15) is 67.3 Å². The number of rotatable bonds is 6. The first kappa shape index (κ1) is 23.3. The Kier molecular flexibility index (Phi) is 6.82. The third-order valence-electron chi connectivity index (χ3n) is 5.25. The number of ether oxygens (including phenoxy) is 2. The topological polar surface area (TPSA) is 96.2 Å². The first-order valence-electron chi connectivity index (χ1n) is 10.7. The van der Waals surface area contributed by atoms with E-state index in [1.165, 1.54) is 13.2 Å². The molecule has 32 heavy (non-hydrogen) atoms. The molecule has 1 heterocycles. The van der Waals surface area contributed by atoms with Crippen LogP contribution >= 0.6 is 0 Å². The molecule has 6 heteroatoms. The Morgan fingerprint density at radius 3 is 2.22 bits per heavy atom. The number of Topliss-reactive ketones (excluding diaryl/α,β-unsaturated/α-hetero) is 1. The van der Waals surface area contributed by atoms with Gasteiger partial charge in [-0.1, -0.05) is 58.1 Å². The van der Waals surface area contributed by atoms with Gasteiger partial charge in [0.25, 0.3) is 0 Å². The third kappa shape index (κ3) is 4.59. The summed E-state index contributed by atoms with van der Waals surface area (Å²) in [6, 6.07) is 4.75. The number of allylic oxidation sites excluding steroid dienone is 2. The van der Waals surface area contributed by atoms with Gasteiger partial charge in [0, 0.05) is 0 Å². The van der Waals surface area contributed by atoms with Crippen LogP contribution in [0.15, 0.2) is 30.4 Å². The molecule has 0 saturated carbocycles.